The molecule has 2 fully saturated rings. The van der Waals surface area contributed by atoms with E-state index in [0.29, 0.717) is 38.1 Å². The second-order valence-corrected chi connectivity index (χ2v) is 7.60. The molecule has 1 atom stereocenters. The third kappa shape index (κ3) is 6.55. The number of amides is 1. The lowest BCUT2D eigenvalue weighted by Gasteiger charge is -2.31. The Morgan fingerprint density at radius 3 is 2.67 bits per heavy atom. The van der Waals surface area contributed by atoms with Crippen LogP contribution in [0, 0.1) is 5.92 Å². The van der Waals surface area contributed by atoms with Crippen LogP contribution >= 0.6 is 24.0 Å². The third-order valence-corrected chi connectivity index (χ3v) is 5.60. The number of piperidine rings is 1. The van der Waals surface area contributed by atoms with E-state index >= 15 is 0 Å². The number of aliphatic imine (C=N–C) groups is 1. The van der Waals surface area contributed by atoms with Gasteiger partial charge in [0.1, 0.15) is 5.75 Å². The summed E-state index contributed by atoms with van der Waals surface area (Å²) < 4.78 is 10.5. The van der Waals surface area contributed by atoms with E-state index in [1.807, 2.05) is 25.1 Å². The Morgan fingerprint density at radius 2 is 1.97 bits per heavy atom. The number of hydrogen-bond donors (Lipinski definition) is 2. The number of nitrogens with two attached hydrogens (primary N) is 1. The number of anilines is 1. The van der Waals surface area contributed by atoms with Crippen LogP contribution in [-0.4, -0.2) is 69.4 Å². The van der Waals surface area contributed by atoms with Crippen molar-refractivity contribution in [3.8, 4) is 5.75 Å². The molecule has 1 amide bonds. The van der Waals surface area contributed by atoms with Gasteiger partial charge in [-0.3, -0.25) is 4.99 Å². The normalized spacial score (nSPS) is 19.9. The van der Waals surface area contributed by atoms with Crippen LogP contribution in [0.25, 0.3) is 0 Å². The second-order valence-electron chi connectivity index (χ2n) is 7.60. The smallest absolute Gasteiger partial charge is 0.409 e. The Hall–Kier alpha value is -1.91. The van der Waals surface area contributed by atoms with Crippen molar-refractivity contribution in [1.29, 1.82) is 0 Å². The van der Waals surface area contributed by atoms with Crippen LogP contribution in [0.15, 0.2) is 29.3 Å². The van der Waals surface area contributed by atoms with Crippen LogP contribution in [0.4, 0.5) is 10.5 Å². The number of methoxy groups -OCH3 is 1. The summed E-state index contributed by atoms with van der Waals surface area (Å²) in [5.74, 6) is 1.88. The van der Waals surface area contributed by atoms with Crippen molar-refractivity contribution in [1.82, 2.24) is 10.2 Å². The van der Waals surface area contributed by atoms with Crippen molar-refractivity contribution in [2.75, 3.05) is 51.3 Å². The van der Waals surface area contributed by atoms with Crippen LogP contribution in [0.1, 0.15) is 26.2 Å². The zero-order valence-corrected chi connectivity index (χ0v) is 20.2. The molecule has 3 rings (SSSR count). The van der Waals surface area contributed by atoms with Gasteiger partial charge in [0.05, 0.1) is 19.4 Å². The number of likely N-dealkylation sites (tertiary alicyclic amines) is 1. The number of ether oxygens (including phenoxy) is 2. The summed E-state index contributed by atoms with van der Waals surface area (Å²) in [6.07, 6.45) is 2.56. The summed E-state index contributed by atoms with van der Waals surface area (Å²) >= 11 is 0. The zero-order chi connectivity index (χ0) is 20.6. The molecule has 2 aliphatic heterocycles. The van der Waals surface area contributed by atoms with E-state index in [-0.39, 0.29) is 36.1 Å². The van der Waals surface area contributed by atoms with E-state index < -0.39 is 0 Å². The van der Waals surface area contributed by atoms with E-state index in [1.54, 1.807) is 12.0 Å². The quantitative estimate of drug-likeness (QED) is 0.333. The fourth-order valence-electron chi connectivity index (χ4n) is 3.99. The minimum Gasteiger partial charge on any atom is -0.495 e. The highest BCUT2D eigenvalue weighted by Crippen LogP contribution is 2.31. The number of guanidine groups is 1. The molecule has 0 radical (unpaired) electrons. The van der Waals surface area contributed by atoms with Crippen molar-refractivity contribution in [2.24, 2.45) is 16.6 Å². The number of carbonyl (C=O) groups is 1. The predicted octanol–water partition coefficient (Wildman–Crippen LogP) is 2.66. The average Bonchev–Trinajstić information content (AvgIpc) is 3.22. The fraction of sp³-hybridized carbons (Fsp3) is 0.619. The molecule has 1 aromatic rings. The Bertz CT molecular complexity index is 710. The standard InChI is InChI=1S/C21H33N5O3.HI/c1-3-29-21(27)25-12-9-17(10-13-25)24-20(22)23-14-16-8-11-26(15-16)18-6-4-5-7-19(18)28-2;/h4-7,16-17H,3,8-15H2,1-2H3,(H3,22,23,24);1H. The van der Waals surface area contributed by atoms with Gasteiger partial charge in [0.2, 0.25) is 0 Å². The van der Waals surface area contributed by atoms with Crippen LogP contribution < -0.4 is 20.7 Å². The van der Waals surface area contributed by atoms with Crippen LogP contribution in [0.5, 0.6) is 5.75 Å². The number of hydrogen-bond acceptors (Lipinski definition) is 5. The lowest BCUT2D eigenvalue weighted by Crippen LogP contribution is -2.48. The first kappa shape index (κ1) is 24.4. The molecule has 0 spiro atoms. The minimum atomic E-state index is -0.228. The Morgan fingerprint density at radius 1 is 1.23 bits per heavy atom. The van der Waals surface area contributed by atoms with Gasteiger partial charge in [0.15, 0.2) is 5.96 Å². The molecule has 2 saturated heterocycles. The summed E-state index contributed by atoms with van der Waals surface area (Å²) in [4.78, 5) is 20.4. The monoisotopic (exact) mass is 531 g/mol. The maximum Gasteiger partial charge on any atom is 0.409 e. The molecule has 1 aromatic carbocycles. The first-order valence-electron chi connectivity index (χ1n) is 10.5. The zero-order valence-electron chi connectivity index (χ0n) is 17.9. The Balaban J connectivity index is 0.00000320. The van der Waals surface area contributed by atoms with Crippen molar-refractivity contribution >= 4 is 41.7 Å². The van der Waals surface area contributed by atoms with Gasteiger partial charge in [-0.15, -0.1) is 24.0 Å². The molecular weight excluding hydrogens is 497 g/mol. The van der Waals surface area contributed by atoms with Gasteiger partial charge in [-0.2, -0.15) is 0 Å². The largest absolute Gasteiger partial charge is 0.495 e. The van der Waals surface area contributed by atoms with E-state index in [4.69, 9.17) is 15.2 Å². The van der Waals surface area contributed by atoms with Gasteiger partial charge in [0.25, 0.3) is 0 Å². The molecule has 30 heavy (non-hydrogen) atoms. The van der Waals surface area contributed by atoms with Gasteiger partial charge in [-0.1, -0.05) is 12.1 Å². The maximum absolute atomic E-state index is 11.8. The number of carbonyl (C=O) groups excluding carboxylic acids is 1. The molecule has 8 nitrogen and oxygen atoms in total. The molecule has 9 heteroatoms. The SMILES string of the molecule is CCOC(=O)N1CCC(NC(N)=NCC2CCN(c3ccccc3OC)C2)CC1.I. The number of nitrogens with one attached hydrogen (secondary N) is 1. The Labute approximate surface area is 196 Å². The van der Waals surface area contributed by atoms with E-state index in [2.05, 4.69) is 21.3 Å². The summed E-state index contributed by atoms with van der Waals surface area (Å²) in [5.41, 5.74) is 7.26. The average molecular weight is 531 g/mol. The maximum atomic E-state index is 11.8. The third-order valence-electron chi connectivity index (χ3n) is 5.60. The lowest BCUT2D eigenvalue weighted by molar-refractivity contribution is 0.0963. The minimum absolute atomic E-state index is 0. The topological polar surface area (TPSA) is 92.4 Å². The first-order valence-corrected chi connectivity index (χ1v) is 10.5. The van der Waals surface area contributed by atoms with Crippen molar-refractivity contribution in [2.45, 2.75) is 32.2 Å². The van der Waals surface area contributed by atoms with Crippen molar-refractivity contribution in [3.05, 3.63) is 24.3 Å². The lowest BCUT2D eigenvalue weighted by atomic mass is 10.1. The van der Waals surface area contributed by atoms with E-state index in [9.17, 15) is 4.79 Å². The molecule has 2 heterocycles. The molecule has 0 bridgehead atoms. The fourth-order valence-corrected chi connectivity index (χ4v) is 3.99. The summed E-state index contributed by atoms with van der Waals surface area (Å²) in [5, 5.41) is 3.31. The first-order chi connectivity index (χ1) is 14.1. The van der Waals surface area contributed by atoms with Crippen molar-refractivity contribution < 1.29 is 14.3 Å². The van der Waals surface area contributed by atoms with Crippen LogP contribution in [0.2, 0.25) is 0 Å². The van der Waals surface area contributed by atoms with Gasteiger partial charge in [-0.05, 0) is 44.2 Å². The van der Waals surface area contributed by atoms with E-state index in [1.165, 1.54) is 0 Å². The Kier molecular flexibility index (Phi) is 9.80. The van der Waals surface area contributed by atoms with Gasteiger partial charge in [-0.25, -0.2) is 4.79 Å². The van der Waals surface area contributed by atoms with Gasteiger partial charge >= 0.3 is 6.09 Å². The molecule has 1 unspecified atom stereocenters. The van der Waals surface area contributed by atoms with Crippen molar-refractivity contribution in [3.63, 3.8) is 0 Å². The number of para-hydroxylation sites is 2. The number of nitrogens with zero attached hydrogens (tertiary/aromatic N) is 3. The molecule has 0 aromatic heterocycles. The summed E-state index contributed by atoms with van der Waals surface area (Å²) in [6, 6.07) is 8.37. The molecule has 168 valence electrons. The number of halogens is 1. The van der Waals surface area contributed by atoms with Gasteiger partial charge < -0.3 is 30.3 Å². The molecule has 0 aliphatic carbocycles. The highest BCUT2D eigenvalue weighted by Gasteiger charge is 2.25. The number of rotatable bonds is 6. The highest BCUT2D eigenvalue weighted by molar-refractivity contribution is 14.0. The second kappa shape index (κ2) is 12.1. The van der Waals surface area contributed by atoms with E-state index in [0.717, 1.165) is 43.8 Å². The number of benzene rings is 1. The van der Waals surface area contributed by atoms with Crippen LogP contribution in [-0.2, 0) is 4.74 Å². The van der Waals surface area contributed by atoms with Gasteiger partial charge in [0, 0.05) is 38.8 Å². The summed E-state index contributed by atoms with van der Waals surface area (Å²) in [7, 11) is 1.71. The predicted molar refractivity (Wildman–Crippen MR) is 130 cm³/mol. The highest BCUT2D eigenvalue weighted by atomic mass is 127. The molecule has 2 aliphatic rings. The van der Waals surface area contributed by atoms with Crippen LogP contribution in [0.3, 0.4) is 0 Å². The molecule has 0 saturated carbocycles. The summed E-state index contributed by atoms with van der Waals surface area (Å²) in [6.45, 7) is 6.26. The molecule has 3 N–H and O–H groups in total. The molecular formula is C21H34IN5O3.